The zero-order chi connectivity index (χ0) is 16.3. The Balaban J connectivity index is 2.11. The second-order valence-electron chi connectivity index (χ2n) is 6.69. The highest BCUT2D eigenvalue weighted by Crippen LogP contribution is 2.48. The van der Waals surface area contributed by atoms with Gasteiger partial charge in [-0.15, -0.1) is 0 Å². The van der Waals surface area contributed by atoms with E-state index in [9.17, 15) is 0 Å². The highest BCUT2D eigenvalue weighted by molar-refractivity contribution is 6.14. The number of fused-ring (bicyclic) bond motifs is 5. The molecule has 4 aromatic carbocycles. The van der Waals surface area contributed by atoms with Crippen LogP contribution in [0.4, 0.5) is 0 Å². The average Bonchev–Trinajstić information content (AvgIpc) is 2.75. The van der Waals surface area contributed by atoms with Gasteiger partial charge >= 0.3 is 0 Å². The van der Waals surface area contributed by atoms with E-state index in [4.69, 9.17) is 0 Å². The summed E-state index contributed by atoms with van der Waals surface area (Å²) in [5.74, 6) is 0. The first-order valence-electron chi connectivity index (χ1n) is 8.48. The van der Waals surface area contributed by atoms with Crippen LogP contribution in [-0.2, 0) is 0 Å². The first-order chi connectivity index (χ1) is 11.8. The zero-order valence-electron chi connectivity index (χ0n) is 13.9. The molecule has 0 radical (unpaired) electrons. The molecule has 1 aliphatic rings. The van der Waals surface area contributed by atoms with E-state index in [-0.39, 0.29) is 0 Å². The Labute approximate surface area is 142 Å². The lowest BCUT2D eigenvalue weighted by atomic mass is 9.89. The van der Waals surface area contributed by atoms with Gasteiger partial charge < -0.3 is 0 Å². The van der Waals surface area contributed by atoms with Crippen LogP contribution < -0.4 is 0 Å². The molecular weight excluding hydrogens is 288 g/mol. The summed E-state index contributed by atoms with van der Waals surface area (Å²) < 4.78 is 0. The molecule has 0 unspecified atom stereocenters. The molecule has 0 spiro atoms. The Bertz CT molecular complexity index is 1120. The van der Waals surface area contributed by atoms with E-state index in [2.05, 4.69) is 86.6 Å². The molecule has 0 fully saturated rings. The minimum atomic E-state index is 1.33. The fraction of sp³-hybridized carbons (Fsp3) is 0.0833. The van der Waals surface area contributed by atoms with Gasteiger partial charge in [-0.1, -0.05) is 72.8 Å². The lowest BCUT2D eigenvalue weighted by Crippen LogP contribution is -1.90. The summed E-state index contributed by atoms with van der Waals surface area (Å²) in [6, 6.07) is 26.7. The summed E-state index contributed by atoms with van der Waals surface area (Å²) in [7, 11) is 0. The zero-order valence-corrected chi connectivity index (χ0v) is 13.9. The Morgan fingerprint density at radius 1 is 0.500 bits per heavy atom. The molecule has 1 aliphatic carbocycles. The third kappa shape index (κ3) is 1.68. The largest absolute Gasteiger partial charge is 0.0616 e. The molecular formula is C24H18. The van der Waals surface area contributed by atoms with Crippen LogP contribution in [-0.4, -0.2) is 0 Å². The van der Waals surface area contributed by atoms with E-state index >= 15 is 0 Å². The molecule has 0 aliphatic heterocycles. The number of hydrogen-bond acceptors (Lipinski definition) is 0. The number of aryl methyl sites for hydroxylation is 2. The van der Waals surface area contributed by atoms with E-state index in [1.165, 1.54) is 55.3 Å². The van der Waals surface area contributed by atoms with E-state index in [0.29, 0.717) is 0 Å². The smallest absolute Gasteiger partial charge is 0.00235 e. The SMILES string of the molecule is Cc1cc2c3c(cccc3c1C)-c1ccccc1-c1ccccc1-2. The third-order valence-corrected chi connectivity index (χ3v) is 5.41. The van der Waals surface area contributed by atoms with Gasteiger partial charge in [-0.25, -0.2) is 0 Å². The van der Waals surface area contributed by atoms with Gasteiger partial charge in [0, 0.05) is 0 Å². The quantitative estimate of drug-likeness (QED) is 0.296. The molecule has 0 saturated heterocycles. The van der Waals surface area contributed by atoms with Crippen molar-refractivity contribution in [1.82, 2.24) is 0 Å². The van der Waals surface area contributed by atoms with Crippen LogP contribution in [0.15, 0.2) is 72.8 Å². The van der Waals surface area contributed by atoms with Crippen LogP contribution in [0.2, 0.25) is 0 Å². The summed E-state index contributed by atoms with van der Waals surface area (Å²) in [5, 5.41) is 2.76. The van der Waals surface area contributed by atoms with Gasteiger partial charge in [-0.3, -0.25) is 0 Å². The van der Waals surface area contributed by atoms with Crippen molar-refractivity contribution in [2.45, 2.75) is 13.8 Å². The molecule has 0 nitrogen and oxygen atoms in total. The predicted octanol–water partition coefficient (Wildman–Crippen LogP) is 6.77. The van der Waals surface area contributed by atoms with E-state index in [1.807, 2.05) is 0 Å². The van der Waals surface area contributed by atoms with Gasteiger partial charge in [0.2, 0.25) is 0 Å². The van der Waals surface area contributed by atoms with Crippen LogP contribution in [0.5, 0.6) is 0 Å². The summed E-state index contributed by atoms with van der Waals surface area (Å²) in [6.07, 6.45) is 0. The molecule has 114 valence electrons. The molecule has 5 rings (SSSR count). The van der Waals surface area contributed by atoms with Crippen molar-refractivity contribution < 1.29 is 0 Å². The molecule has 0 heteroatoms. The molecule has 0 saturated carbocycles. The van der Waals surface area contributed by atoms with Gasteiger partial charge in [0.15, 0.2) is 0 Å². The summed E-state index contributed by atoms with van der Waals surface area (Å²) in [5.41, 5.74) is 10.8. The van der Waals surface area contributed by atoms with Crippen LogP contribution in [0, 0.1) is 13.8 Å². The highest BCUT2D eigenvalue weighted by atomic mass is 14.2. The molecule has 4 aromatic rings. The summed E-state index contributed by atoms with van der Waals surface area (Å²) >= 11 is 0. The van der Waals surface area contributed by atoms with Crippen LogP contribution in [0.1, 0.15) is 11.1 Å². The standard InChI is InChI=1S/C24H18/c1-15-14-23-21-11-6-4-9-19(21)18-8-3-5-10-20(18)22-13-7-12-17(16(15)2)24(22)23/h3-14H,1-2H3. The maximum Gasteiger partial charge on any atom is -0.00235 e. The third-order valence-electron chi connectivity index (χ3n) is 5.41. The van der Waals surface area contributed by atoms with Crippen molar-refractivity contribution in [3.05, 3.63) is 83.9 Å². The number of hydrogen-bond donors (Lipinski definition) is 0. The monoisotopic (exact) mass is 306 g/mol. The molecule has 0 heterocycles. The predicted molar refractivity (Wildman–Crippen MR) is 103 cm³/mol. The summed E-state index contributed by atoms with van der Waals surface area (Å²) in [6.45, 7) is 4.46. The van der Waals surface area contributed by atoms with Gasteiger partial charge in [-0.2, -0.15) is 0 Å². The van der Waals surface area contributed by atoms with E-state index in [0.717, 1.165) is 0 Å². The Morgan fingerprint density at radius 2 is 1.00 bits per heavy atom. The van der Waals surface area contributed by atoms with Crippen LogP contribution >= 0.6 is 0 Å². The van der Waals surface area contributed by atoms with E-state index in [1.54, 1.807) is 0 Å². The fourth-order valence-corrected chi connectivity index (χ4v) is 4.11. The first kappa shape index (κ1) is 13.6. The topological polar surface area (TPSA) is 0 Å². The maximum atomic E-state index is 2.37. The van der Waals surface area contributed by atoms with Crippen molar-refractivity contribution in [2.75, 3.05) is 0 Å². The number of benzene rings is 4. The maximum absolute atomic E-state index is 2.37. The second-order valence-corrected chi connectivity index (χ2v) is 6.69. The Kier molecular flexibility index (Phi) is 2.72. The fourth-order valence-electron chi connectivity index (χ4n) is 4.11. The van der Waals surface area contributed by atoms with E-state index < -0.39 is 0 Å². The first-order valence-corrected chi connectivity index (χ1v) is 8.48. The highest BCUT2D eigenvalue weighted by Gasteiger charge is 2.21. The van der Waals surface area contributed by atoms with Gasteiger partial charge in [0.05, 0.1) is 0 Å². The molecule has 0 atom stereocenters. The normalized spacial score (nSPS) is 11.8. The minimum absolute atomic E-state index is 1.33. The molecule has 24 heavy (non-hydrogen) atoms. The molecule has 0 amide bonds. The molecule has 0 N–H and O–H groups in total. The van der Waals surface area contributed by atoms with Gasteiger partial charge in [0.25, 0.3) is 0 Å². The lowest BCUT2D eigenvalue weighted by molar-refractivity contribution is 1.38. The molecule has 0 bridgehead atoms. The van der Waals surface area contributed by atoms with Gasteiger partial charge in [-0.05, 0) is 69.1 Å². The lowest BCUT2D eigenvalue weighted by Gasteiger charge is -2.14. The van der Waals surface area contributed by atoms with Crippen molar-refractivity contribution in [3.8, 4) is 33.4 Å². The van der Waals surface area contributed by atoms with Crippen LogP contribution in [0.25, 0.3) is 44.2 Å². The second kappa shape index (κ2) is 4.82. The van der Waals surface area contributed by atoms with Crippen molar-refractivity contribution >= 4 is 10.8 Å². The van der Waals surface area contributed by atoms with Gasteiger partial charge in [0.1, 0.15) is 0 Å². The Hall–Kier alpha value is -2.86. The average molecular weight is 306 g/mol. The summed E-state index contributed by atoms with van der Waals surface area (Å²) in [4.78, 5) is 0. The number of rotatable bonds is 0. The van der Waals surface area contributed by atoms with Crippen molar-refractivity contribution in [1.29, 1.82) is 0 Å². The minimum Gasteiger partial charge on any atom is -0.0616 e. The van der Waals surface area contributed by atoms with Crippen molar-refractivity contribution in [3.63, 3.8) is 0 Å². The van der Waals surface area contributed by atoms with Crippen molar-refractivity contribution in [2.24, 2.45) is 0 Å². The Morgan fingerprint density at radius 3 is 1.62 bits per heavy atom. The molecule has 0 aromatic heterocycles. The van der Waals surface area contributed by atoms with Crippen LogP contribution in [0.3, 0.4) is 0 Å².